The molecule has 21 heavy (non-hydrogen) atoms. The lowest BCUT2D eigenvalue weighted by Gasteiger charge is -2.44. The molecule has 1 fully saturated rings. The SMILES string of the molecule is CN(C)CCn1ncc(N2CCNCC2(C)C)c(Br)c1=O. The molecule has 1 aromatic rings. The van der Waals surface area contributed by atoms with Crippen LogP contribution in [0.5, 0.6) is 0 Å². The van der Waals surface area contributed by atoms with Crippen LogP contribution in [0.4, 0.5) is 5.69 Å². The van der Waals surface area contributed by atoms with E-state index in [2.05, 4.69) is 45.1 Å². The highest BCUT2D eigenvalue weighted by Crippen LogP contribution is 2.29. The zero-order valence-electron chi connectivity index (χ0n) is 13.2. The number of halogens is 1. The van der Waals surface area contributed by atoms with Gasteiger partial charge in [-0.2, -0.15) is 5.10 Å². The minimum atomic E-state index is -0.0660. The minimum Gasteiger partial charge on any atom is -0.361 e. The fraction of sp³-hybridized carbons (Fsp3) is 0.714. The lowest BCUT2D eigenvalue weighted by molar-refractivity contribution is 0.364. The van der Waals surface area contributed by atoms with Crippen LogP contribution < -0.4 is 15.8 Å². The smallest absolute Gasteiger partial charge is 0.283 e. The van der Waals surface area contributed by atoms with Crippen molar-refractivity contribution in [1.29, 1.82) is 0 Å². The van der Waals surface area contributed by atoms with Gasteiger partial charge >= 0.3 is 0 Å². The third-order valence-corrected chi connectivity index (χ3v) is 4.56. The Balaban J connectivity index is 2.30. The van der Waals surface area contributed by atoms with Crippen molar-refractivity contribution < 1.29 is 0 Å². The van der Waals surface area contributed by atoms with E-state index in [1.807, 2.05) is 19.0 Å². The molecular formula is C14H24BrN5O. The maximum absolute atomic E-state index is 12.4. The number of nitrogens with zero attached hydrogens (tertiary/aromatic N) is 4. The number of nitrogens with one attached hydrogen (secondary N) is 1. The molecule has 1 aliphatic heterocycles. The average Bonchev–Trinajstić information content (AvgIpc) is 2.41. The number of aromatic nitrogens is 2. The molecule has 118 valence electrons. The molecule has 2 heterocycles. The summed E-state index contributed by atoms with van der Waals surface area (Å²) in [6, 6.07) is 0. The van der Waals surface area contributed by atoms with E-state index in [0.717, 1.165) is 31.9 Å². The molecule has 1 aromatic heterocycles. The van der Waals surface area contributed by atoms with Crippen molar-refractivity contribution >= 4 is 21.6 Å². The fourth-order valence-electron chi connectivity index (χ4n) is 2.53. The number of likely N-dealkylation sites (N-methyl/N-ethyl adjacent to an activating group) is 1. The number of hydrogen-bond donors (Lipinski definition) is 1. The Morgan fingerprint density at radius 1 is 1.48 bits per heavy atom. The molecule has 1 saturated heterocycles. The Morgan fingerprint density at radius 2 is 2.19 bits per heavy atom. The van der Waals surface area contributed by atoms with Crippen molar-refractivity contribution in [2.75, 3.05) is 45.2 Å². The zero-order chi connectivity index (χ0) is 15.6. The summed E-state index contributed by atoms with van der Waals surface area (Å²) in [5.41, 5.74) is 0.779. The molecule has 6 nitrogen and oxygen atoms in total. The van der Waals surface area contributed by atoms with Gasteiger partial charge in [-0.05, 0) is 43.9 Å². The number of rotatable bonds is 4. The summed E-state index contributed by atoms with van der Waals surface area (Å²) in [5, 5.41) is 7.72. The van der Waals surface area contributed by atoms with Gasteiger partial charge < -0.3 is 15.1 Å². The van der Waals surface area contributed by atoms with Gasteiger partial charge in [-0.3, -0.25) is 4.79 Å². The van der Waals surface area contributed by atoms with Gasteiger partial charge in [0, 0.05) is 31.7 Å². The van der Waals surface area contributed by atoms with Gasteiger partial charge in [0.05, 0.1) is 18.4 Å². The van der Waals surface area contributed by atoms with E-state index >= 15 is 0 Å². The number of anilines is 1. The predicted molar refractivity (Wildman–Crippen MR) is 89.0 cm³/mol. The lowest BCUT2D eigenvalue weighted by Crippen LogP contribution is -2.58. The summed E-state index contributed by atoms with van der Waals surface area (Å²) in [7, 11) is 3.97. The molecule has 0 atom stereocenters. The molecule has 1 N–H and O–H groups in total. The second-order valence-corrected chi connectivity index (χ2v) is 7.11. The van der Waals surface area contributed by atoms with Gasteiger partial charge in [0.2, 0.25) is 0 Å². The van der Waals surface area contributed by atoms with E-state index in [-0.39, 0.29) is 11.1 Å². The maximum Gasteiger partial charge on any atom is 0.283 e. The van der Waals surface area contributed by atoms with Gasteiger partial charge in [-0.1, -0.05) is 0 Å². The van der Waals surface area contributed by atoms with E-state index in [0.29, 0.717) is 11.0 Å². The summed E-state index contributed by atoms with van der Waals surface area (Å²) in [4.78, 5) is 16.7. The Kier molecular flexibility index (Phi) is 5.06. The van der Waals surface area contributed by atoms with Crippen molar-refractivity contribution in [2.45, 2.75) is 25.9 Å². The summed E-state index contributed by atoms with van der Waals surface area (Å²) in [6.07, 6.45) is 1.80. The predicted octanol–water partition coefficient (Wildman–Crippen LogP) is 0.756. The van der Waals surface area contributed by atoms with E-state index in [1.165, 1.54) is 4.68 Å². The van der Waals surface area contributed by atoms with Crippen LogP contribution in [0.3, 0.4) is 0 Å². The highest BCUT2D eigenvalue weighted by molar-refractivity contribution is 9.10. The van der Waals surface area contributed by atoms with Crippen molar-refractivity contribution in [2.24, 2.45) is 0 Å². The monoisotopic (exact) mass is 357 g/mol. The second-order valence-electron chi connectivity index (χ2n) is 6.32. The number of hydrogen-bond acceptors (Lipinski definition) is 5. The molecule has 0 bridgehead atoms. The quantitative estimate of drug-likeness (QED) is 0.861. The van der Waals surface area contributed by atoms with Gasteiger partial charge in [0.25, 0.3) is 5.56 Å². The molecule has 0 radical (unpaired) electrons. The summed E-state index contributed by atoms with van der Waals surface area (Å²) in [5.74, 6) is 0. The summed E-state index contributed by atoms with van der Waals surface area (Å²) >= 11 is 3.48. The average molecular weight is 358 g/mol. The Hall–Kier alpha value is -0.920. The fourth-order valence-corrected chi connectivity index (χ4v) is 3.05. The molecule has 0 aromatic carbocycles. The lowest BCUT2D eigenvalue weighted by atomic mass is 9.99. The highest BCUT2D eigenvalue weighted by Gasteiger charge is 2.31. The molecule has 1 aliphatic rings. The second kappa shape index (κ2) is 6.46. The molecular weight excluding hydrogens is 334 g/mol. The Bertz CT molecular complexity index is 555. The van der Waals surface area contributed by atoms with E-state index in [1.54, 1.807) is 6.20 Å². The van der Waals surface area contributed by atoms with Crippen LogP contribution in [0, 0.1) is 0 Å². The standard InChI is InChI=1S/C14H24BrN5O/c1-14(2)10-16-5-6-19(14)11-9-17-20(8-7-18(3)4)13(21)12(11)15/h9,16H,5-8,10H2,1-4H3. The highest BCUT2D eigenvalue weighted by atomic mass is 79.9. The van der Waals surface area contributed by atoms with Crippen molar-refractivity contribution in [3.63, 3.8) is 0 Å². The third-order valence-electron chi connectivity index (χ3n) is 3.82. The van der Waals surface area contributed by atoms with Gasteiger partial charge in [-0.15, -0.1) is 0 Å². The summed E-state index contributed by atoms with van der Waals surface area (Å²) < 4.78 is 2.12. The van der Waals surface area contributed by atoms with E-state index in [4.69, 9.17) is 0 Å². The first-order chi connectivity index (χ1) is 9.83. The molecule has 0 amide bonds. The van der Waals surface area contributed by atoms with E-state index < -0.39 is 0 Å². The molecule has 7 heteroatoms. The molecule has 0 unspecified atom stereocenters. The van der Waals surface area contributed by atoms with Gasteiger partial charge in [0.1, 0.15) is 4.47 Å². The first kappa shape index (κ1) is 16.5. The summed E-state index contributed by atoms with van der Waals surface area (Å²) in [6.45, 7) is 8.40. The Labute approximate surface area is 134 Å². The Morgan fingerprint density at radius 3 is 2.81 bits per heavy atom. The van der Waals surface area contributed by atoms with Crippen molar-refractivity contribution in [1.82, 2.24) is 20.0 Å². The van der Waals surface area contributed by atoms with Crippen molar-refractivity contribution in [3.05, 3.63) is 21.0 Å². The maximum atomic E-state index is 12.4. The molecule has 0 saturated carbocycles. The van der Waals surface area contributed by atoms with E-state index in [9.17, 15) is 4.79 Å². The molecule has 0 aliphatic carbocycles. The van der Waals surface area contributed by atoms with Crippen LogP contribution in [0.1, 0.15) is 13.8 Å². The number of piperazine rings is 1. The van der Waals surface area contributed by atoms with Crippen LogP contribution in [-0.4, -0.2) is 60.5 Å². The van der Waals surface area contributed by atoms with Gasteiger partial charge in [0.15, 0.2) is 0 Å². The molecule has 0 spiro atoms. The van der Waals surface area contributed by atoms with Crippen LogP contribution in [0.2, 0.25) is 0 Å². The first-order valence-electron chi connectivity index (χ1n) is 7.21. The largest absolute Gasteiger partial charge is 0.361 e. The van der Waals surface area contributed by atoms with Crippen LogP contribution in [0.25, 0.3) is 0 Å². The minimum absolute atomic E-state index is 0.0370. The zero-order valence-corrected chi connectivity index (χ0v) is 14.8. The normalized spacial score (nSPS) is 18.3. The van der Waals surface area contributed by atoms with Gasteiger partial charge in [-0.25, -0.2) is 4.68 Å². The van der Waals surface area contributed by atoms with Crippen LogP contribution >= 0.6 is 15.9 Å². The topological polar surface area (TPSA) is 53.4 Å². The molecule has 2 rings (SSSR count). The van der Waals surface area contributed by atoms with Crippen molar-refractivity contribution in [3.8, 4) is 0 Å². The third kappa shape index (κ3) is 3.64. The van der Waals surface area contributed by atoms with Crippen LogP contribution in [-0.2, 0) is 6.54 Å². The first-order valence-corrected chi connectivity index (χ1v) is 8.01. The van der Waals surface area contributed by atoms with Crippen LogP contribution in [0.15, 0.2) is 15.5 Å².